The number of hydrogen-bond acceptors (Lipinski definition) is 5. The molecule has 2 aromatic heterocycles. The fraction of sp³-hybridized carbons (Fsp3) is 0.227. The van der Waals surface area contributed by atoms with Crippen molar-refractivity contribution in [3.05, 3.63) is 76.6 Å². The molecule has 2 amide bonds. The van der Waals surface area contributed by atoms with E-state index in [-0.39, 0.29) is 17.4 Å². The highest BCUT2D eigenvalue weighted by molar-refractivity contribution is 6.09. The molecule has 148 valence electrons. The first-order valence-corrected chi connectivity index (χ1v) is 9.44. The van der Waals surface area contributed by atoms with Gasteiger partial charge in [0, 0.05) is 23.2 Å². The number of carbonyl (C=O) groups excluding carboxylic acids is 2. The van der Waals surface area contributed by atoms with E-state index in [1.807, 2.05) is 38.1 Å². The van der Waals surface area contributed by atoms with Crippen LogP contribution in [-0.2, 0) is 6.42 Å². The zero-order chi connectivity index (χ0) is 20.4. The monoisotopic (exact) mass is 391 g/mol. The molecule has 0 saturated heterocycles. The number of rotatable bonds is 4. The fourth-order valence-electron chi connectivity index (χ4n) is 3.40. The van der Waals surface area contributed by atoms with Crippen LogP contribution in [0.5, 0.6) is 0 Å². The number of hydrazone groups is 1. The summed E-state index contributed by atoms with van der Waals surface area (Å²) in [6, 6.07) is 10.8. The van der Waals surface area contributed by atoms with Gasteiger partial charge in [-0.05, 0) is 51.0 Å². The molecule has 0 atom stereocenters. The van der Waals surface area contributed by atoms with Crippen LogP contribution in [0, 0.1) is 13.8 Å². The van der Waals surface area contributed by atoms with Gasteiger partial charge in [-0.3, -0.25) is 9.59 Å². The van der Waals surface area contributed by atoms with Gasteiger partial charge in [-0.1, -0.05) is 17.7 Å². The highest BCUT2D eigenvalue weighted by atomic mass is 16.4. The van der Waals surface area contributed by atoms with E-state index in [1.165, 1.54) is 6.26 Å². The van der Waals surface area contributed by atoms with Gasteiger partial charge in [-0.15, -0.1) is 0 Å². The number of nitrogens with one attached hydrogen (secondary N) is 2. The van der Waals surface area contributed by atoms with Gasteiger partial charge in [0.15, 0.2) is 11.5 Å². The van der Waals surface area contributed by atoms with Crippen LogP contribution in [0.3, 0.4) is 0 Å². The lowest BCUT2D eigenvalue weighted by atomic mass is 9.93. The SMILES string of the molecule is Cc1ccc(NC(=O)c2oc3c(c2C)/C(=N/NC(=O)c2ccco2)CCC3)cc1. The molecule has 7 nitrogen and oxygen atoms in total. The molecule has 29 heavy (non-hydrogen) atoms. The third-order valence-electron chi connectivity index (χ3n) is 4.88. The summed E-state index contributed by atoms with van der Waals surface area (Å²) in [5.74, 6) is 0.441. The van der Waals surface area contributed by atoms with E-state index in [9.17, 15) is 9.59 Å². The van der Waals surface area contributed by atoms with Crippen LogP contribution in [0.2, 0.25) is 0 Å². The predicted octanol–water partition coefficient (Wildman–Crippen LogP) is 4.21. The van der Waals surface area contributed by atoms with E-state index >= 15 is 0 Å². The van der Waals surface area contributed by atoms with Gasteiger partial charge in [0.25, 0.3) is 5.91 Å². The van der Waals surface area contributed by atoms with Crippen molar-refractivity contribution in [1.82, 2.24) is 5.43 Å². The molecule has 0 saturated carbocycles. The van der Waals surface area contributed by atoms with E-state index in [2.05, 4.69) is 15.8 Å². The van der Waals surface area contributed by atoms with E-state index in [1.54, 1.807) is 12.1 Å². The van der Waals surface area contributed by atoms with Gasteiger partial charge in [-0.25, -0.2) is 5.43 Å². The molecule has 0 bridgehead atoms. The second-order valence-corrected chi connectivity index (χ2v) is 7.00. The maximum absolute atomic E-state index is 12.7. The molecule has 7 heteroatoms. The molecule has 0 aliphatic heterocycles. The van der Waals surface area contributed by atoms with Crippen LogP contribution in [0.1, 0.15) is 56.4 Å². The molecule has 1 aliphatic carbocycles. The maximum Gasteiger partial charge on any atom is 0.307 e. The molecule has 3 aromatic rings. The van der Waals surface area contributed by atoms with Crippen LogP contribution in [0.4, 0.5) is 5.69 Å². The van der Waals surface area contributed by atoms with Gasteiger partial charge in [0.05, 0.1) is 12.0 Å². The van der Waals surface area contributed by atoms with Crippen LogP contribution in [-0.4, -0.2) is 17.5 Å². The van der Waals surface area contributed by atoms with E-state index in [0.717, 1.165) is 29.5 Å². The number of carbonyl (C=O) groups is 2. The Labute approximate surface area is 167 Å². The van der Waals surface area contributed by atoms with Gasteiger partial charge >= 0.3 is 5.91 Å². The molecule has 1 aromatic carbocycles. The number of fused-ring (bicyclic) bond motifs is 1. The van der Waals surface area contributed by atoms with Crippen LogP contribution in [0.25, 0.3) is 0 Å². The van der Waals surface area contributed by atoms with Crippen LogP contribution in [0.15, 0.2) is 56.6 Å². The fourth-order valence-corrected chi connectivity index (χ4v) is 3.40. The average molecular weight is 391 g/mol. The topological polar surface area (TPSA) is 96.8 Å². The van der Waals surface area contributed by atoms with E-state index in [0.29, 0.717) is 23.6 Å². The molecule has 2 heterocycles. The Morgan fingerprint density at radius 3 is 2.55 bits per heavy atom. The molecule has 0 radical (unpaired) electrons. The molecule has 0 unspecified atom stereocenters. The van der Waals surface area contributed by atoms with Gasteiger partial charge in [-0.2, -0.15) is 5.10 Å². The van der Waals surface area contributed by atoms with Crippen molar-refractivity contribution in [2.75, 3.05) is 5.32 Å². The van der Waals surface area contributed by atoms with Crippen molar-refractivity contribution in [3.8, 4) is 0 Å². The average Bonchev–Trinajstić information content (AvgIpc) is 3.37. The van der Waals surface area contributed by atoms with Crippen LogP contribution < -0.4 is 10.7 Å². The Morgan fingerprint density at radius 2 is 1.83 bits per heavy atom. The highest BCUT2D eigenvalue weighted by Gasteiger charge is 2.28. The standard InChI is InChI=1S/C22H21N3O4/c1-13-8-10-15(11-9-13)23-22(27)20-14(2)19-16(5-3-6-17(19)29-20)24-25-21(26)18-7-4-12-28-18/h4,7-12H,3,5-6H2,1-2H3,(H,23,27)(H,25,26)/b24-16+. The lowest BCUT2D eigenvalue weighted by Crippen LogP contribution is -2.21. The smallest absolute Gasteiger partial charge is 0.307 e. The normalized spacial score (nSPS) is 14.5. The van der Waals surface area contributed by atoms with Crippen molar-refractivity contribution in [2.24, 2.45) is 5.10 Å². The summed E-state index contributed by atoms with van der Waals surface area (Å²) in [6.07, 6.45) is 3.67. The summed E-state index contributed by atoms with van der Waals surface area (Å²) in [6.45, 7) is 3.82. The summed E-state index contributed by atoms with van der Waals surface area (Å²) >= 11 is 0. The molecule has 0 spiro atoms. The minimum atomic E-state index is -0.423. The lowest BCUT2D eigenvalue weighted by molar-refractivity contribution is 0.0926. The largest absolute Gasteiger partial charge is 0.459 e. The van der Waals surface area contributed by atoms with Crippen molar-refractivity contribution in [2.45, 2.75) is 33.1 Å². The summed E-state index contributed by atoms with van der Waals surface area (Å²) in [5, 5.41) is 7.14. The third kappa shape index (κ3) is 3.85. The second kappa shape index (κ2) is 7.79. The first-order valence-electron chi connectivity index (χ1n) is 9.44. The first kappa shape index (κ1) is 18.7. The van der Waals surface area contributed by atoms with E-state index < -0.39 is 5.91 Å². The van der Waals surface area contributed by atoms with Crippen molar-refractivity contribution in [1.29, 1.82) is 0 Å². The molecular weight excluding hydrogens is 370 g/mol. The van der Waals surface area contributed by atoms with Crippen molar-refractivity contribution < 1.29 is 18.4 Å². The van der Waals surface area contributed by atoms with Crippen molar-refractivity contribution in [3.63, 3.8) is 0 Å². The zero-order valence-corrected chi connectivity index (χ0v) is 16.2. The number of aryl methyl sites for hydroxylation is 2. The summed E-state index contributed by atoms with van der Waals surface area (Å²) in [7, 11) is 0. The quantitative estimate of drug-likeness (QED) is 0.651. The molecule has 1 aliphatic rings. The molecule has 2 N–H and O–H groups in total. The lowest BCUT2D eigenvalue weighted by Gasteiger charge is -2.13. The number of amides is 2. The van der Waals surface area contributed by atoms with Crippen molar-refractivity contribution >= 4 is 23.2 Å². The number of anilines is 1. The van der Waals surface area contributed by atoms with Crippen LogP contribution >= 0.6 is 0 Å². The third-order valence-corrected chi connectivity index (χ3v) is 4.88. The minimum Gasteiger partial charge on any atom is -0.459 e. The Balaban J connectivity index is 1.57. The summed E-state index contributed by atoms with van der Waals surface area (Å²) in [4.78, 5) is 24.8. The minimum absolute atomic E-state index is 0.187. The van der Waals surface area contributed by atoms with Gasteiger partial charge < -0.3 is 14.2 Å². The predicted molar refractivity (Wildman–Crippen MR) is 108 cm³/mol. The summed E-state index contributed by atoms with van der Waals surface area (Å²) in [5.41, 5.74) is 6.55. The zero-order valence-electron chi connectivity index (χ0n) is 16.2. The van der Waals surface area contributed by atoms with Gasteiger partial charge in [0.1, 0.15) is 5.76 Å². The number of nitrogens with zero attached hydrogens (tertiary/aromatic N) is 1. The molecule has 4 rings (SSSR count). The maximum atomic E-state index is 12.7. The van der Waals surface area contributed by atoms with Gasteiger partial charge in [0.2, 0.25) is 0 Å². The first-order chi connectivity index (χ1) is 14.0. The number of hydrogen-bond donors (Lipinski definition) is 2. The second-order valence-electron chi connectivity index (χ2n) is 7.00. The molecular formula is C22H21N3O4. The number of furan rings is 2. The Hall–Kier alpha value is -3.61. The number of benzene rings is 1. The highest BCUT2D eigenvalue weighted by Crippen LogP contribution is 2.30. The summed E-state index contributed by atoms with van der Waals surface area (Å²) < 4.78 is 11.0. The Bertz CT molecular complexity index is 1080. The Kier molecular flexibility index (Phi) is 5.03. The molecule has 0 fully saturated rings. The van der Waals surface area contributed by atoms with E-state index in [4.69, 9.17) is 8.83 Å². The Morgan fingerprint density at radius 1 is 1.03 bits per heavy atom.